The molecule has 36 heavy (non-hydrogen) atoms. The maximum Gasteiger partial charge on any atom is 0.344 e. The van der Waals surface area contributed by atoms with Crippen molar-refractivity contribution in [3.05, 3.63) is 101 Å². The van der Waals surface area contributed by atoms with Crippen molar-refractivity contribution in [1.82, 2.24) is 4.90 Å². The van der Waals surface area contributed by atoms with Gasteiger partial charge >= 0.3 is 5.97 Å². The van der Waals surface area contributed by atoms with Crippen molar-refractivity contribution in [3.63, 3.8) is 0 Å². The fraction of sp³-hybridized carbons (Fsp3) is 0.207. The van der Waals surface area contributed by atoms with Gasteiger partial charge in [-0.25, -0.2) is 13.2 Å². The summed E-state index contributed by atoms with van der Waals surface area (Å²) in [6, 6.07) is 24.2. The zero-order valence-electron chi connectivity index (χ0n) is 20.3. The second-order valence-electron chi connectivity index (χ2n) is 9.19. The van der Waals surface area contributed by atoms with Crippen LogP contribution in [-0.4, -0.2) is 58.8 Å². The van der Waals surface area contributed by atoms with Crippen LogP contribution < -0.4 is 4.90 Å². The predicted molar refractivity (Wildman–Crippen MR) is 143 cm³/mol. The molecule has 2 aliphatic heterocycles. The molecule has 2 heterocycles. The lowest BCUT2D eigenvalue weighted by Crippen LogP contribution is -2.44. The fourth-order valence-electron chi connectivity index (χ4n) is 4.55. The number of hydrogen-bond acceptors (Lipinski definition) is 6. The van der Waals surface area contributed by atoms with Gasteiger partial charge in [0.2, 0.25) is 0 Å². The average molecular weight is 501 g/mol. The van der Waals surface area contributed by atoms with E-state index in [1.807, 2.05) is 48.5 Å². The number of allylic oxidation sites excluding steroid dienone is 1. The molecular formula is C29H28N2O4S. The molecule has 0 N–H and O–H groups in total. The quantitative estimate of drug-likeness (QED) is 0.486. The summed E-state index contributed by atoms with van der Waals surface area (Å²) in [6.45, 7) is 4.06. The predicted octanol–water partition coefficient (Wildman–Crippen LogP) is 4.35. The van der Waals surface area contributed by atoms with Gasteiger partial charge in [0.05, 0.1) is 10.5 Å². The van der Waals surface area contributed by atoms with Gasteiger partial charge in [0.25, 0.3) is 0 Å². The van der Waals surface area contributed by atoms with E-state index in [1.54, 1.807) is 24.3 Å². The molecule has 3 aromatic carbocycles. The van der Waals surface area contributed by atoms with E-state index in [2.05, 4.69) is 29.0 Å². The van der Waals surface area contributed by atoms with Gasteiger partial charge in [-0.2, -0.15) is 0 Å². The van der Waals surface area contributed by atoms with Gasteiger partial charge in [-0.1, -0.05) is 54.6 Å². The molecule has 0 atom stereocenters. The number of anilines is 1. The van der Waals surface area contributed by atoms with Crippen LogP contribution in [0.5, 0.6) is 0 Å². The number of ether oxygens (including phenoxy) is 1. The Morgan fingerprint density at radius 2 is 1.39 bits per heavy atom. The van der Waals surface area contributed by atoms with Gasteiger partial charge in [0.1, 0.15) is 5.76 Å². The molecule has 184 valence electrons. The lowest BCUT2D eigenvalue weighted by atomic mass is 9.94. The highest BCUT2D eigenvalue weighted by atomic mass is 32.2. The number of piperazine rings is 1. The fourth-order valence-corrected chi connectivity index (χ4v) is 5.18. The first-order valence-electron chi connectivity index (χ1n) is 11.9. The zero-order valence-corrected chi connectivity index (χ0v) is 21.2. The second-order valence-corrected chi connectivity index (χ2v) is 11.2. The summed E-state index contributed by atoms with van der Waals surface area (Å²) in [5.74, 6) is 0.0157. The smallest absolute Gasteiger partial charge is 0.344 e. The van der Waals surface area contributed by atoms with E-state index in [0.717, 1.165) is 37.3 Å². The molecule has 0 radical (unpaired) electrons. The van der Waals surface area contributed by atoms with Gasteiger partial charge in [0.15, 0.2) is 9.84 Å². The molecule has 0 aromatic heterocycles. The Balaban J connectivity index is 1.54. The third-order valence-corrected chi connectivity index (χ3v) is 7.72. The number of benzene rings is 3. The molecule has 6 nitrogen and oxygen atoms in total. The van der Waals surface area contributed by atoms with Gasteiger partial charge in [-0.15, -0.1) is 0 Å². The van der Waals surface area contributed by atoms with Crippen LogP contribution in [0.2, 0.25) is 0 Å². The van der Waals surface area contributed by atoms with E-state index in [4.69, 9.17) is 4.74 Å². The minimum atomic E-state index is -3.33. The number of sulfone groups is 1. The third-order valence-electron chi connectivity index (χ3n) is 6.60. The molecule has 0 amide bonds. The molecule has 0 bridgehead atoms. The van der Waals surface area contributed by atoms with E-state index >= 15 is 0 Å². The summed E-state index contributed by atoms with van der Waals surface area (Å²) in [4.78, 5) is 18.0. The lowest BCUT2D eigenvalue weighted by Gasteiger charge is -2.34. The first-order chi connectivity index (χ1) is 17.3. The Hall–Kier alpha value is -3.68. The number of carbonyl (C=O) groups excluding carboxylic acids is 1. The van der Waals surface area contributed by atoms with Gasteiger partial charge in [0, 0.05) is 43.7 Å². The van der Waals surface area contributed by atoms with Crippen molar-refractivity contribution in [3.8, 4) is 0 Å². The minimum Gasteiger partial charge on any atom is -0.422 e. The van der Waals surface area contributed by atoms with E-state index in [0.29, 0.717) is 22.5 Å². The van der Waals surface area contributed by atoms with Crippen LogP contribution in [0.25, 0.3) is 17.2 Å². The van der Waals surface area contributed by atoms with Crippen LogP contribution in [0.3, 0.4) is 0 Å². The number of cyclic esters (lactones) is 1. The summed E-state index contributed by atoms with van der Waals surface area (Å²) in [6.07, 6.45) is 3.04. The third kappa shape index (κ3) is 4.98. The Morgan fingerprint density at radius 1 is 0.778 bits per heavy atom. The molecule has 0 aliphatic carbocycles. The monoisotopic (exact) mass is 500 g/mol. The number of hydrogen-bond donors (Lipinski definition) is 0. The molecule has 7 heteroatoms. The maximum absolute atomic E-state index is 13.0. The SMILES string of the molecule is CN1CCN(c2ccc(/C=C3\OC(=O)C(c4ccccc4)=C3c3ccc(S(C)(=O)=O)cc3)cc2)CC1. The average Bonchev–Trinajstić information content (AvgIpc) is 3.20. The van der Waals surface area contributed by atoms with Crippen LogP contribution in [0.15, 0.2) is 89.5 Å². The largest absolute Gasteiger partial charge is 0.422 e. The van der Waals surface area contributed by atoms with Crippen molar-refractivity contribution >= 4 is 38.7 Å². The van der Waals surface area contributed by atoms with Gasteiger partial charge < -0.3 is 14.5 Å². The van der Waals surface area contributed by atoms with E-state index in [1.165, 1.54) is 11.9 Å². The number of esters is 1. The van der Waals surface area contributed by atoms with Crippen LogP contribution in [0.1, 0.15) is 16.7 Å². The Bertz CT molecular complexity index is 1430. The maximum atomic E-state index is 13.0. The normalized spacial score (nSPS) is 18.1. The first kappa shape index (κ1) is 24.0. The Labute approximate surface area is 212 Å². The molecule has 5 rings (SSSR count). The Kier molecular flexibility index (Phi) is 6.51. The van der Waals surface area contributed by atoms with Crippen LogP contribution in [-0.2, 0) is 19.4 Å². The van der Waals surface area contributed by atoms with Crippen molar-refractivity contribution in [2.75, 3.05) is 44.4 Å². The standard InChI is InChI=1S/C29H28N2O4S/c1-30-16-18-31(19-17-30)24-12-8-21(9-13-24)20-26-27(23-10-14-25(15-11-23)36(2,33)34)28(29(32)35-26)22-6-4-3-5-7-22/h3-15,20H,16-19H2,1-2H3/b26-20-. The second kappa shape index (κ2) is 9.76. The number of nitrogens with zero attached hydrogens (tertiary/aromatic N) is 2. The van der Waals surface area contributed by atoms with Crippen molar-refractivity contribution in [1.29, 1.82) is 0 Å². The molecule has 0 spiro atoms. The van der Waals surface area contributed by atoms with Gasteiger partial charge in [-0.3, -0.25) is 0 Å². The van der Waals surface area contributed by atoms with Crippen LogP contribution >= 0.6 is 0 Å². The highest BCUT2D eigenvalue weighted by Crippen LogP contribution is 2.41. The van der Waals surface area contributed by atoms with Crippen molar-refractivity contribution in [2.45, 2.75) is 4.90 Å². The summed E-state index contributed by atoms with van der Waals surface area (Å²) in [5.41, 5.74) is 4.66. The first-order valence-corrected chi connectivity index (χ1v) is 13.8. The highest BCUT2D eigenvalue weighted by molar-refractivity contribution is 7.90. The highest BCUT2D eigenvalue weighted by Gasteiger charge is 2.32. The van der Waals surface area contributed by atoms with E-state index in [-0.39, 0.29) is 4.90 Å². The molecule has 0 unspecified atom stereocenters. The molecule has 1 fully saturated rings. The minimum absolute atomic E-state index is 0.225. The molecule has 1 saturated heterocycles. The van der Waals surface area contributed by atoms with Crippen LogP contribution in [0.4, 0.5) is 5.69 Å². The summed E-state index contributed by atoms with van der Waals surface area (Å²) < 4.78 is 29.7. The van der Waals surface area contributed by atoms with E-state index < -0.39 is 15.8 Å². The molecular weight excluding hydrogens is 472 g/mol. The summed E-state index contributed by atoms with van der Waals surface area (Å²) in [5, 5.41) is 0. The molecule has 3 aromatic rings. The van der Waals surface area contributed by atoms with Gasteiger partial charge in [-0.05, 0) is 54.1 Å². The topological polar surface area (TPSA) is 66.9 Å². The van der Waals surface area contributed by atoms with Crippen LogP contribution in [0, 0.1) is 0 Å². The molecule has 0 saturated carbocycles. The zero-order chi connectivity index (χ0) is 25.3. The number of carbonyl (C=O) groups is 1. The van der Waals surface area contributed by atoms with Crippen molar-refractivity contribution in [2.24, 2.45) is 0 Å². The summed E-state index contributed by atoms with van der Waals surface area (Å²) >= 11 is 0. The summed E-state index contributed by atoms with van der Waals surface area (Å²) in [7, 11) is -1.20. The Morgan fingerprint density at radius 3 is 2.00 bits per heavy atom. The van der Waals surface area contributed by atoms with E-state index in [9.17, 15) is 13.2 Å². The number of rotatable bonds is 5. The molecule has 2 aliphatic rings. The number of likely N-dealkylation sites (N-methyl/N-ethyl adjacent to an activating group) is 1. The van der Waals surface area contributed by atoms with Crippen molar-refractivity contribution < 1.29 is 17.9 Å². The lowest BCUT2D eigenvalue weighted by molar-refractivity contribution is -0.131.